The molecule has 0 aliphatic rings. The van der Waals surface area contributed by atoms with E-state index in [4.69, 9.17) is 0 Å². The second-order valence-electron chi connectivity index (χ2n) is 2.75. The van der Waals surface area contributed by atoms with Gasteiger partial charge in [0, 0.05) is 12.1 Å². The van der Waals surface area contributed by atoms with Crippen LogP contribution in [0.2, 0.25) is 0 Å². The number of rotatable bonds is 2. The first-order valence-electron chi connectivity index (χ1n) is 3.72. The molecule has 1 aromatic rings. The molecule has 0 aromatic heterocycles. The average Bonchev–Trinajstić information content (AvgIpc) is 2.06. The van der Waals surface area contributed by atoms with Gasteiger partial charge in [0.15, 0.2) is 0 Å². The Labute approximate surface area is 89.7 Å². The molecule has 1 rings (SSSR count). The van der Waals surface area contributed by atoms with Crippen LogP contribution in [-0.4, -0.2) is 19.3 Å². The van der Waals surface area contributed by atoms with Gasteiger partial charge < -0.3 is 17.3 Å². The lowest BCUT2D eigenvalue weighted by molar-refractivity contribution is -0.786. The van der Waals surface area contributed by atoms with Crippen molar-refractivity contribution in [3.63, 3.8) is 0 Å². The molecular formula is C9H11ClN2S. The first-order valence-corrected chi connectivity index (χ1v) is 4.13. The van der Waals surface area contributed by atoms with E-state index in [0.29, 0.717) is 0 Å². The molecule has 70 valence electrons. The van der Waals surface area contributed by atoms with Gasteiger partial charge in [0.25, 0.3) is 0 Å². The molecule has 0 heterocycles. The molecule has 0 radical (unpaired) electrons. The summed E-state index contributed by atoms with van der Waals surface area (Å²) in [4.78, 5) is 5.16. The molecule has 2 nitrogen and oxygen atoms in total. The molecule has 0 bridgehead atoms. The van der Waals surface area contributed by atoms with E-state index >= 15 is 0 Å². The molecule has 0 fully saturated rings. The van der Waals surface area contributed by atoms with Gasteiger partial charge in [0.05, 0.1) is 24.9 Å². The lowest BCUT2D eigenvalue weighted by Gasteiger charge is -2.05. The smallest absolute Gasteiger partial charge is 0.130 e. The third-order valence-corrected chi connectivity index (χ3v) is 1.71. The summed E-state index contributed by atoms with van der Waals surface area (Å²) < 4.78 is 0. The van der Waals surface area contributed by atoms with E-state index in [1.54, 1.807) is 0 Å². The van der Waals surface area contributed by atoms with E-state index in [0.717, 1.165) is 5.69 Å². The van der Waals surface area contributed by atoms with Gasteiger partial charge in [-0.1, -0.05) is 0 Å². The third-order valence-electron chi connectivity index (χ3n) is 1.62. The van der Waals surface area contributed by atoms with Crippen LogP contribution in [0.3, 0.4) is 0 Å². The highest BCUT2D eigenvalue weighted by Crippen LogP contribution is 2.12. The SMILES string of the molecule is C[NH+](C)c1ccc(N=C=S)cc1.[Cl-]. The second kappa shape index (κ2) is 5.84. The molecule has 13 heavy (non-hydrogen) atoms. The van der Waals surface area contributed by atoms with Crippen molar-refractivity contribution >= 4 is 28.8 Å². The monoisotopic (exact) mass is 214 g/mol. The predicted molar refractivity (Wildman–Crippen MR) is 53.6 cm³/mol. The van der Waals surface area contributed by atoms with Crippen molar-refractivity contribution in [1.29, 1.82) is 0 Å². The zero-order chi connectivity index (χ0) is 8.97. The number of aliphatic imine (C=N–C) groups is 1. The van der Waals surface area contributed by atoms with Crippen LogP contribution in [-0.2, 0) is 0 Å². The Morgan fingerprint density at radius 3 is 2.15 bits per heavy atom. The van der Waals surface area contributed by atoms with Crippen molar-refractivity contribution in [1.82, 2.24) is 0 Å². The molecule has 0 aliphatic heterocycles. The molecule has 0 spiro atoms. The molecule has 0 amide bonds. The number of nitrogens with one attached hydrogen (secondary N) is 1. The first kappa shape index (κ1) is 12.3. The summed E-state index contributed by atoms with van der Waals surface area (Å²) in [6.07, 6.45) is 0. The molecule has 4 heteroatoms. The quantitative estimate of drug-likeness (QED) is 0.454. The van der Waals surface area contributed by atoms with Gasteiger partial charge in [0.1, 0.15) is 5.69 Å². The number of hydrogen-bond acceptors (Lipinski definition) is 2. The van der Waals surface area contributed by atoms with Crippen LogP contribution in [0.5, 0.6) is 0 Å². The maximum absolute atomic E-state index is 4.50. The Morgan fingerprint density at radius 2 is 1.77 bits per heavy atom. The fraction of sp³-hybridized carbons (Fsp3) is 0.222. The van der Waals surface area contributed by atoms with Gasteiger partial charge >= 0.3 is 0 Å². The summed E-state index contributed by atoms with van der Waals surface area (Å²) in [5.74, 6) is 0. The Balaban J connectivity index is 0.00000144. The molecule has 0 unspecified atom stereocenters. The van der Waals surface area contributed by atoms with Crippen LogP contribution < -0.4 is 17.3 Å². The van der Waals surface area contributed by atoms with Crippen LogP contribution in [0.4, 0.5) is 11.4 Å². The van der Waals surface area contributed by atoms with Crippen LogP contribution >= 0.6 is 12.2 Å². The Kier molecular flexibility index (Phi) is 5.51. The van der Waals surface area contributed by atoms with Gasteiger partial charge in [-0.3, -0.25) is 0 Å². The van der Waals surface area contributed by atoms with E-state index < -0.39 is 0 Å². The molecule has 1 aromatic carbocycles. The normalized spacial score (nSPS) is 8.85. The molecule has 0 atom stereocenters. The average molecular weight is 215 g/mol. The molecule has 0 aliphatic carbocycles. The fourth-order valence-corrected chi connectivity index (χ4v) is 1.03. The summed E-state index contributed by atoms with van der Waals surface area (Å²) in [6.45, 7) is 0. The Morgan fingerprint density at radius 1 is 1.23 bits per heavy atom. The summed E-state index contributed by atoms with van der Waals surface area (Å²) in [7, 11) is 4.16. The van der Waals surface area contributed by atoms with Crippen molar-refractivity contribution in [3.8, 4) is 0 Å². The zero-order valence-corrected chi connectivity index (χ0v) is 9.12. The van der Waals surface area contributed by atoms with Gasteiger partial charge in [-0.2, -0.15) is 4.99 Å². The lowest BCUT2D eigenvalue weighted by atomic mass is 10.3. The highest BCUT2D eigenvalue weighted by molar-refractivity contribution is 7.78. The lowest BCUT2D eigenvalue weighted by Crippen LogP contribution is -3.00. The van der Waals surface area contributed by atoms with Crippen molar-refractivity contribution in [2.45, 2.75) is 0 Å². The minimum atomic E-state index is 0. The van der Waals surface area contributed by atoms with Crippen molar-refractivity contribution < 1.29 is 17.3 Å². The zero-order valence-electron chi connectivity index (χ0n) is 7.54. The largest absolute Gasteiger partial charge is 1.00 e. The van der Waals surface area contributed by atoms with E-state index in [1.165, 1.54) is 10.6 Å². The predicted octanol–water partition coefficient (Wildman–Crippen LogP) is -1.80. The Bertz CT molecular complexity index is 302. The minimum absolute atomic E-state index is 0. The van der Waals surface area contributed by atoms with Crippen LogP contribution in [0.15, 0.2) is 29.3 Å². The molecule has 0 saturated heterocycles. The van der Waals surface area contributed by atoms with Gasteiger partial charge in [-0.15, -0.1) is 0 Å². The van der Waals surface area contributed by atoms with E-state index in [9.17, 15) is 0 Å². The number of benzene rings is 1. The van der Waals surface area contributed by atoms with E-state index in [2.05, 4.69) is 36.5 Å². The van der Waals surface area contributed by atoms with Crippen molar-refractivity contribution in [3.05, 3.63) is 24.3 Å². The summed E-state index contributed by atoms with van der Waals surface area (Å²) in [6, 6.07) is 7.92. The summed E-state index contributed by atoms with van der Waals surface area (Å²) in [5.41, 5.74) is 2.09. The molecular weight excluding hydrogens is 204 g/mol. The number of quaternary nitrogens is 1. The van der Waals surface area contributed by atoms with Crippen molar-refractivity contribution in [2.24, 2.45) is 4.99 Å². The highest BCUT2D eigenvalue weighted by atomic mass is 35.5. The van der Waals surface area contributed by atoms with Crippen LogP contribution in [0, 0.1) is 0 Å². The minimum Gasteiger partial charge on any atom is -1.00 e. The van der Waals surface area contributed by atoms with Crippen LogP contribution in [0.1, 0.15) is 0 Å². The second-order valence-corrected chi connectivity index (χ2v) is 2.93. The first-order chi connectivity index (χ1) is 5.74. The number of isothiocyanates is 1. The maximum Gasteiger partial charge on any atom is 0.130 e. The van der Waals surface area contributed by atoms with E-state index in [1.807, 2.05) is 24.3 Å². The number of halogens is 1. The van der Waals surface area contributed by atoms with Gasteiger partial charge in [0.2, 0.25) is 0 Å². The number of nitrogens with zero attached hydrogens (tertiary/aromatic N) is 1. The van der Waals surface area contributed by atoms with Gasteiger partial charge in [-0.25, -0.2) is 0 Å². The maximum atomic E-state index is 4.50. The number of hydrogen-bond donors (Lipinski definition) is 1. The number of thiocarbonyl (C=S) groups is 1. The summed E-state index contributed by atoms with van der Waals surface area (Å²) in [5, 5.41) is 2.33. The summed E-state index contributed by atoms with van der Waals surface area (Å²) >= 11 is 4.50. The molecule has 0 saturated carbocycles. The Hall–Kier alpha value is -0.730. The van der Waals surface area contributed by atoms with Crippen molar-refractivity contribution in [2.75, 3.05) is 14.1 Å². The third kappa shape index (κ3) is 3.66. The molecule has 1 N–H and O–H groups in total. The topological polar surface area (TPSA) is 16.8 Å². The standard InChI is InChI=1S/C9H10N2S.ClH/c1-11(2)9-5-3-8(4-6-9)10-7-12;/h3-6H,1-2H3;1H. The van der Waals surface area contributed by atoms with E-state index in [-0.39, 0.29) is 12.4 Å². The van der Waals surface area contributed by atoms with Gasteiger partial charge in [-0.05, 0) is 24.4 Å². The van der Waals surface area contributed by atoms with Crippen LogP contribution in [0.25, 0.3) is 0 Å². The fourth-order valence-electron chi connectivity index (χ4n) is 0.922. The highest BCUT2D eigenvalue weighted by Gasteiger charge is 1.97.